The molecule has 1 aromatic carbocycles. The van der Waals surface area contributed by atoms with Crippen LogP contribution in [0.25, 0.3) is 0 Å². The van der Waals surface area contributed by atoms with E-state index in [-0.39, 0.29) is 0 Å². The van der Waals surface area contributed by atoms with Gasteiger partial charge in [-0.3, -0.25) is 0 Å². The first-order valence-electron chi connectivity index (χ1n) is 5.95. The predicted octanol–water partition coefficient (Wildman–Crippen LogP) is 1.06. The van der Waals surface area contributed by atoms with Crippen LogP contribution in [-0.4, -0.2) is 45.3 Å². The predicted molar refractivity (Wildman–Crippen MR) is 67.8 cm³/mol. The van der Waals surface area contributed by atoms with E-state index in [0.29, 0.717) is 25.7 Å². The summed E-state index contributed by atoms with van der Waals surface area (Å²) in [5.41, 5.74) is 7.04. The van der Waals surface area contributed by atoms with Crippen molar-refractivity contribution in [1.29, 1.82) is 0 Å². The number of hydrogen-bond donors (Lipinski definition) is 1. The van der Waals surface area contributed by atoms with Crippen LogP contribution in [0.3, 0.4) is 0 Å². The molecule has 17 heavy (non-hydrogen) atoms. The highest BCUT2D eigenvalue weighted by Gasteiger charge is 2.16. The molecular formula is C13H20N2O2. The molecule has 4 nitrogen and oxygen atoms in total. The Bertz CT molecular complexity index is 380. The molecule has 0 bridgehead atoms. The SMILES string of the molecule is CN(C)CC(CN)c1ccc2c(c1)OCCO2. The van der Waals surface area contributed by atoms with Crippen LogP contribution < -0.4 is 15.2 Å². The van der Waals surface area contributed by atoms with E-state index in [1.165, 1.54) is 5.56 Å². The largest absolute Gasteiger partial charge is 0.486 e. The van der Waals surface area contributed by atoms with E-state index in [1.54, 1.807) is 0 Å². The van der Waals surface area contributed by atoms with Gasteiger partial charge >= 0.3 is 0 Å². The quantitative estimate of drug-likeness (QED) is 0.849. The smallest absolute Gasteiger partial charge is 0.161 e. The first kappa shape index (κ1) is 12.2. The van der Waals surface area contributed by atoms with Crippen molar-refractivity contribution >= 4 is 0 Å². The summed E-state index contributed by atoms with van der Waals surface area (Å²) in [5, 5.41) is 0. The van der Waals surface area contributed by atoms with Crippen LogP contribution in [0.5, 0.6) is 11.5 Å². The zero-order chi connectivity index (χ0) is 12.3. The molecular weight excluding hydrogens is 216 g/mol. The van der Waals surface area contributed by atoms with Gasteiger partial charge in [-0.05, 0) is 31.8 Å². The van der Waals surface area contributed by atoms with E-state index in [0.717, 1.165) is 18.0 Å². The van der Waals surface area contributed by atoms with Crippen molar-refractivity contribution in [3.8, 4) is 11.5 Å². The molecule has 1 aliphatic rings. The molecule has 0 saturated heterocycles. The van der Waals surface area contributed by atoms with Crippen molar-refractivity contribution in [2.45, 2.75) is 5.92 Å². The zero-order valence-electron chi connectivity index (χ0n) is 10.5. The molecule has 1 aromatic rings. The lowest BCUT2D eigenvalue weighted by molar-refractivity contribution is 0.171. The molecule has 2 N–H and O–H groups in total. The summed E-state index contributed by atoms with van der Waals surface area (Å²) < 4.78 is 11.1. The fraction of sp³-hybridized carbons (Fsp3) is 0.538. The van der Waals surface area contributed by atoms with Crippen LogP contribution in [0.1, 0.15) is 11.5 Å². The first-order chi connectivity index (χ1) is 8.20. The first-order valence-corrected chi connectivity index (χ1v) is 5.95. The summed E-state index contributed by atoms with van der Waals surface area (Å²) in [6, 6.07) is 6.10. The third-order valence-electron chi connectivity index (χ3n) is 2.91. The number of rotatable bonds is 4. The Morgan fingerprint density at radius 2 is 1.94 bits per heavy atom. The van der Waals surface area contributed by atoms with Gasteiger partial charge in [0.1, 0.15) is 13.2 Å². The number of nitrogens with zero attached hydrogens (tertiary/aromatic N) is 1. The Kier molecular flexibility index (Phi) is 3.86. The third-order valence-corrected chi connectivity index (χ3v) is 2.91. The van der Waals surface area contributed by atoms with E-state index < -0.39 is 0 Å². The average Bonchev–Trinajstić information content (AvgIpc) is 2.35. The number of fused-ring (bicyclic) bond motifs is 1. The van der Waals surface area contributed by atoms with E-state index in [4.69, 9.17) is 15.2 Å². The maximum absolute atomic E-state index is 5.83. The number of ether oxygens (including phenoxy) is 2. The Labute approximate surface area is 102 Å². The van der Waals surface area contributed by atoms with Gasteiger partial charge in [0.05, 0.1) is 0 Å². The number of benzene rings is 1. The van der Waals surface area contributed by atoms with Crippen LogP contribution in [-0.2, 0) is 0 Å². The summed E-state index contributed by atoms with van der Waals surface area (Å²) >= 11 is 0. The van der Waals surface area contributed by atoms with Crippen LogP contribution in [0.2, 0.25) is 0 Å². The molecule has 0 aliphatic carbocycles. The number of likely N-dealkylation sites (N-methyl/N-ethyl adjacent to an activating group) is 1. The highest BCUT2D eigenvalue weighted by Crippen LogP contribution is 2.33. The number of nitrogens with two attached hydrogens (primary N) is 1. The van der Waals surface area contributed by atoms with E-state index in [1.807, 2.05) is 6.07 Å². The summed E-state index contributed by atoms with van der Waals surface area (Å²) in [6.45, 7) is 2.83. The van der Waals surface area contributed by atoms with E-state index in [9.17, 15) is 0 Å². The minimum Gasteiger partial charge on any atom is -0.486 e. The summed E-state index contributed by atoms with van der Waals surface area (Å²) in [5.74, 6) is 2.01. The molecule has 2 rings (SSSR count). The summed E-state index contributed by atoms with van der Waals surface area (Å²) in [4.78, 5) is 2.15. The Morgan fingerprint density at radius 1 is 1.24 bits per heavy atom. The monoisotopic (exact) mass is 236 g/mol. The lowest BCUT2D eigenvalue weighted by Gasteiger charge is -2.23. The molecule has 0 spiro atoms. The van der Waals surface area contributed by atoms with Crippen molar-refractivity contribution < 1.29 is 9.47 Å². The lowest BCUT2D eigenvalue weighted by Crippen LogP contribution is -2.26. The molecule has 0 radical (unpaired) electrons. The van der Waals surface area contributed by atoms with Gasteiger partial charge in [0.15, 0.2) is 11.5 Å². The Hall–Kier alpha value is -1.26. The third kappa shape index (κ3) is 2.90. The van der Waals surface area contributed by atoms with Gasteiger partial charge in [-0.25, -0.2) is 0 Å². The second-order valence-electron chi connectivity index (χ2n) is 4.60. The van der Waals surface area contributed by atoms with Crippen molar-refractivity contribution in [1.82, 2.24) is 4.90 Å². The molecule has 94 valence electrons. The minimum atomic E-state index is 0.334. The molecule has 4 heteroatoms. The molecule has 0 saturated carbocycles. The van der Waals surface area contributed by atoms with Crippen molar-refractivity contribution in [2.75, 3.05) is 40.4 Å². The highest BCUT2D eigenvalue weighted by molar-refractivity contribution is 5.44. The van der Waals surface area contributed by atoms with E-state index in [2.05, 4.69) is 31.1 Å². The normalized spacial score (nSPS) is 16.0. The second-order valence-corrected chi connectivity index (χ2v) is 4.60. The van der Waals surface area contributed by atoms with Gasteiger partial charge in [-0.2, -0.15) is 0 Å². The van der Waals surface area contributed by atoms with Gasteiger partial charge in [0.25, 0.3) is 0 Å². The fourth-order valence-corrected chi connectivity index (χ4v) is 2.07. The molecule has 0 aromatic heterocycles. The second kappa shape index (κ2) is 5.38. The van der Waals surface area contributed by atoms with Crippen LogP contribution in [0.15, 0.2) is 18.2 Å². The van der Waals surface area contributed by atoms with Crippen molar-refractivity contribution in [3.63, 3.8) is 0 Å². The molecule has 0 fully saturated rings. The summed E-state index contributed by atoms with van der Waals surface area (Å²) in [7, 11) is 4.11. The maximum Gasteiger partial charge on any atom is 0.161 e. The maximum atomic E-state index is 5.83. The van der Waals surface area contributed by atoms with Gasteiger partial charge in [0.2, 0.25) is 0 Å². The number of hydrogen-bond acceptors (Lipinski definition) is 4. The molecule has 1 heterocycles. The topological polar surface area (TPSA) is 47.7 Å². The standard InChI is InChI=1S/C13H20N2O2/c1-15(2)9-11(8-14)10-3-4-12-13(7-10)17-6-5-16-12/h3-4,7,11H,5-6,8-9,14H2,1-2H3. The summed E-state index contributed by atoms with van der Waals surface area (Å²) in [6.07, 6.45) is 0. The van der Waals surface area contributed by atoms with Crippen LogP contribution in [0, 0.1) is 0 Å². The highest BCUT2D eigenvalue weighted by atomic mass is 16.6. The fourth-order valence-electron chi connectivity index (χ4n) is 2.07. The van der Waals surface area contributed by atoms with Gasteiger partial charge < -0.3 is 20.1 Å². The molecule has 0 amide bonds. The van der Waals surface area contributed by atoms with Crippen molar-refractivity contribution in [2.24, 2.45) is 5.73 Å². The minimum absolute atomic E-state index is 0.334. The average molecular weight is 236 g/mol. The van der Waals surface area contributed by atoms with E-state index >= 15 is 0 Å². The zero-order valence-corrected chi connectivity index (χ0v) is 10.5. The van der Waals surface area contributed by atoms with Gasteiger partial charge in [-0.1, -0.05) is 6.07 Å². The van der Waals surface area contributed by atoms with Crippen LogP contribution in [0.4, 0.5) is 0 Å². The van der Waals surface area contributed by atoms with Gasteiger partial charge in [-0.15, -0.1) is 0 Å². The molecule has 1 aliphatic heterocycles. The lowest BCUT2D eigenvalue weighted by atomic mass is 9.98. The Balaban J connectivity index is 2.19. The Morgan fingerprint density at radius 3 is 2.59 bits per heavy atom. The van der Waals surface area contributed by atoms with Crippen LogP contribution >= 0.6 is 0 Å². The molecule has 1 atom stereocenters. The van der Waals surface area contributed by atoms with Crippen molar-refractivity contribution in [3.05, 3.63) is 23.8 Å². The molecule has 1 unspecified atom stereocenters. The van der Waals surface area contributed by atoms with Gasteiger partial charge in [0, 0.05) is 19.0 Å².